The summed E-state index contributed by atoms with van der Waals surface area (Å²) in [5, 5.41) is 8.73. The number of hydrogen-bond acceptors (Lipinski definition) is 8. The molecule has 3 rings (SSSR count). The Balaban J connectivity index is 1.50. The van der Waals surface area contributed by atoms with Crippen LogP contribution in [-0.4, -0.2) is 83.9 Å². The van der Waals surface area contributed by atoms with Crippen LogP contribution in [0.5, 0.6) is 0 Å². The van der Waals surface area contributed by atoms with Gasteiger partial charge in [-0.05, 0) is 12.8 Å². The lowest BCUT2D eigenvalue weighted by atomic mass is 10.3. The fourth-order valence-corrected chi connectivity index (χ4v) is 5.41. The Bertz CT molecular complexity index is 784. The topological polar surface area (TPSA) is 104 Å². The van der Waals surface area contributed by atoms with E-state index in [1.165, 1.54) is 40.6 Å². The van der Waals surface area contributed by atoms with E-state index in [4.69, 9.17) is 0 Å². The summed E-state index contributed by atoms with van der Waals surface area (Å²) in [5.41, 5.74) is 0. The molecule has 0 aromatic carbocycles. The Kier molecular flexibility index (Phi) is 5.85. The predicted molar refractivity (Wildman–Crippen MR) is 99.8 cm³/mol. The molecule has 2 amide bonds. The van der Waals surface area contributed by atoms with E-state index in [9.17, 15) is 18.0 Å². The molecule has 1 aromatic rings. The zero-order valence-electron chi connectivity index (χ0n) is 14.6. The Hall–Kier alpha value is -1.24. The van der Waals surface area contributed by atoms with Crippen LogP contribution in [0.15, 0.2) is 4.34 Å². The highest BCUT2D eigenvalue weighted by Crippen LogP contribution is 2.35. The zero-order valence-corrected chi connectivity index (χ0v) is 17.1. The van der Waals surface area contributed by atoms with E-state index in [1.807, 2.05) is 0 Å². The van der Waals surface area contributed by atoms with Gasteiger partial charge in [-0.1, -0.05) is 23.1 Å². The minimum Gasteiger partial charge on any atom is -0.339 e. The van der Waals surface area contributed by atoms with Gasteiger partial charge in [-0.2, -0.15) is 4.31 Å². The molecule has 26 heavy (non-hydrogen) atoms. The van der Waals surface area contributed by atoms with Crippen LogP contribution in [0.2, 0.25) is 0 Å². The van der Waals surface area contributed by atoms with Gasteiger partial charge in [0.05, 0.1) is 12.0 Å². The van der Waals surface area contributed by atoms with Gasteiger partial charge in [-0.25, -0.2) is 8.42 Å². The average molecular weight is 420 g/mol. The van der Waals surface area contributed by atoms with E-state index in [0.29, 0.717) is 35.7 Å². The quantitative estimate of drug-likeness (QED) is 0.481. The molecule has 0 radical (unpaired) electrons. The molecule has 0 atom stereocenters. The van der Waals surface area contributed by atoms with Crippen LogP contribution in [0.1, 0.15) is 19.8 Å². The van der Waals surface area contributed by atoms with Crippen LogP contribution in [0.4, 0.5) is 5.13 Å². The Morgan fingerprint density at radius 1 is 1.23 bits per heavy atom. The van der Waals surface area contributed by atoms with Gasteiger partial charge in [0.2, 0.25) is 27.0 Å². The lowest BCUT2D eigenvalue weighted by Gasteiger charge is -2.33. The number of nitrogens with zero attached hydrogens (tertiary/aromatic N) is 5. The average Bonchev–Trinajstić information content (AvgIpc) is 3.29. The maximum atomic E-state index is 12.3. The monoisotopic (exact) mass is 419 g/mol. The number of piperazine rings is 1. The Labute approximate surface area is 160 Å². The highest BCUT2D eigenvalue weighted by Gasteiger charge is 2.34. The van der Waals surface area contributed by atoms with Crippen molar-refractivity contribution in [3.63, 3.8) is 0 Å². The molecule has 0 N–H and O–H groups in total. The van der Waals surface area contributed by atoms with Crippen molar-refractivity contribution in [3.8, 4) is 0 Å². The number of rotatable bonds is 6. The summed E-state index contributed by atoms with van der Waals surface area (Å²) >= 11 is 2.61. The Morgan fingerprint density at radius 2 is 1.88 bits per heavy atom. The molecular weight excluding hydrogens is 398 g/mol. The summed E-state index contributed by atoms with van der Waals surface area (Å²) in [5.74, 6) is 0.127. The van der Waals surface area contributed by atoms with E-state index < -0.39 is 10.0 Å². The van der Waals surface area contributed by atoms with Gasteiger partial charge < -0.3 is 4.90 Å². The van der Waals surface area contributed by atoms with Crippen molar-refractivity contribution < 1.29 is 18.0 Å². The highest BCUT2D eigenvalue weighted by molar-refractivity contribution is 8.01. The first kappa shape index (κ1) is 19.5. The normalized spacial score (nSPS) is 18.8. The third-order valence-corrected chi connectivity index (χ3v) is 7.58. The number of hydrogen-bond donors (Lipinski definition) is 0. The number of thioether (sulfide) groups is 1. The summed E-state index contributed by atoms with van der Waals surface area (Å²) in [6.45, 7) is 2.97. The third kappa shape index (κ3) is 4.72. The lowest BCUT2D eigenvalue weighted by molar-refractivity contribution is -0.129. The molecule has 1 aromatic heterocycles. The van der Waals surface area contributed by atoms with E-state index in [2.05, 4.69) is 10.2 Å². The van der Waals surface area contributed by atoms with Gasteiger partial charge in [0.1, 0.15) is 0 Å². The van der Waals surface area contributed by atoms with E-state index >= 15 is 0 Å². The van der Waals surface area contributed by atoms with Gasteiger partial charge in [-0.15, -0.1) is 10.2 Å². The van der Waals surface area contributed by atoms with Crippen molar-refractivity contribution in [2.24, 2.45) is 0 Å². The second-order valence-corrected chi connectivity index (χ2v) is 10.5. The fraction of sp³-hybridized carbons (Fsp3) is 0.714. The number of carbonyl (C=O) groups is 2. The van der Waals surface area contributed by atoms with Crippen LogP contribution >= 0.6 is 23.1 Å². The van der Waals surface area contributed by atoms with Crippen molar-refractivity contribution >= 4 is 50.1 Å². The first-order valence-corrected chi connectivity index (χ1v) is 11.9. The molecule has 2 heterocycles. The third-order valence-electron chi connectivity index (χ3n) is 4.23. The van der Waals surface area contributed by atoms with Gasteiger partial charge in [-0.3, -0.25) is 14.5 Å². The Morgan fingerprint density at radius 3 is 2.42 bits per heavy atom. The number of sulfonamides is 1. The first-order valence-electron chi connectivity index (χ1n) is 8.24. The summed E-state index contributed by atoms with van der Waals surface area (Å²) < 4.78 is 25.0. The predicted octanol–water partition coefficient (Wildman–Crippen LogP) is 0.249. The summed E-state index contributed by atoms with van der Waals surface area (Å²) in [6.07, 6.45) is 3.15. The minimum atomic E-state index is -3.20. The highest BCUT2D eigenvalue weighted by atomic mass is 32.2. The molecule has 144 valence electrons. The number of carbonyl (C=O) groups excluding carboxylic acids is 2. The lowest BCUT2D eigenvalue weighted by Crippen LogP contribution is -2.50. The number of anilines is 1. The molecule has 9 nitrogen and oxygen atoms in total. The smallest absolute Gasteiger partial charge is 0.233 e. The van der Waals surface area contributed by atoms with Crippen LogP contribution in [0.25, 0.3) is 0 Å². The molecule has 2 fully saturated rings. The molecule has 0 spiro atoms. The molecule has 1 aliphatic heterocycles. The van der Waals surface area contributed by atoms with Crippen molar-refractivity contribution in [1.82, 2.24) is 19.4 Å². The fourth-order valence-electron chi connectivity index (χ4n) is 2.72. The maximum Gasteiger partial charge on any atom is 0.233 e. The van der Waals surface area contributed by atoms with Crippen molar-refractivity contribution in [2.75, 3.05) is 43.1 Å². The molecule has 2 aliphatic rings. The van der Waals surface area contributed by atoms with Crippen molar-refractivity contribution in [2.45, 2.75) is 30.1 Å². The molecule has 1 saturated carbocycles. The van der Waals surface area contributed by atoms with Crippen LogP contribution in [0.3, 0.4) is 0 Å². The van der Waals surface area contributed by atoms with Crippen molar-refractivity contribution in [1.29, 1.82) is 0 Å². The number of amides is 2. The molecule has 12 heteroatoms. The van der Waals surface area contributed by atoms with Crippen LogP contribution in [0, 0.1) is 0 Å². The molecular formula is C14H21N5O4S3. The van der Waals surface area contributed by atoms with Gasteiger partial charge in [0.25, 0.3) is 0 Å². The summed E-state index contributed by atoms with van der Waals surface area (Å²) in [6, 6.07) is 0.228. The van der Waals surface area contributed by atoms with Gasteiger partial charge in [0, 0.05) is 39.1 Å². The SMILES string of the molecule is CC(=O)N(c1nnc(SCC(=O)N2CCN(S(C)(=O)=O)CC2)s1)C1CC1. The summed E-state index contributed by atoms with van der Waals surface area (Å²) in [7, 11) is -3.20. The largest absolute Gasteiger partial charge is 0.339 e. The first-order chi connectivity index (χ1) is 12.3. The summed E-state index contributed by atoms with van der Waals surface area (Å²) in [4.78, 5) is 27.4. The minimum absolute atomic E-state index is 0.0416. The zero-order chi connectivity index (χ0) is 18.9. The van der Waals surface area contributed by atoms with Crippen molar-refractivity contribution in [3.05, 3.63) is 0 Å². The second-order valence-electron chi connectivity index (χ2n) is 6.30. The second kappa shape index (κ2) is 7.79. The van der Waals surface area contributed by atoms with E-state index in [-0.39, 0.29) is 23.6 Å². The van der Waals surface area contributed by atoms with Crippen LogP contribution < -0.4 is 4.90 Å². The van der Waals surface area contributed by atoms with E-state index in [0.717, 1.165) is 12.8 Å². The number of aromatic nitrogens is 2. The maximum absolute atomic E-state index is 12.3. The molecule has 1 aliphatic carbocycles. The van der Waals surface area contributed by atoms with E-state index in [1.54, 1.807) is 9.80 Å². The molecule has 0 unspecified atom stereocenters. The standard InChI is InChI=1S/C14H21N5O4S3/c1-10(20)19(11-3-4-11)13-15-16-14(25-13)24-9-12(21)17-5-7-18(8-6-17)26(2,22)23/h11H,3-9H2,1-2H3. The van der Waals surface area contributed by atoms with Gasteiger partial charge >= 0.3 is 0 Å². The van der Waals surface area contributed by atoms with Gasteiger partial charge in [0.15, 0.2) is 4.34 Å². The molecule has 1 saturated heterocycles. The molecule has 0 bridgehead atoms. The van der Waals surface area contributed by atoms with Crippen LogP contribution in [-0.2, 0) is 19.6 Å².